The van der Waals surface area contributed by atoms with Crippen molar-refractivity contribution in [3.05, 3.63) is 36.2 Å². The van der Waals surface area contributed by atoms with Gasteiger partial charge >= 0.3 is 12.2 Å². The average Bonchev–Trinajstić information content (AvgIpc) is 3.45. The Morgan fingerprint density at radius 1 is 1.26 bits per heavy atom. The van der Waals surface area contributed by atoms with Crippen molar-refractivity contribution in [2.24, 2.45) is 0 Å². The Morgan fingerprint density at radius 3 is 2.72 bits per heavy atom. The van der Waals surface area contributed by atoms with Crippen LogP contribution in [0, 0.1) is 0 Å². The Labute approximate surface area is 222 Å². The van der Waals surface area contributed by atoms with Crippen LogP contribution in [-0.4, -0.2) is 78.4 Å². The summed E-state index contributed by atoms with van der Waals surface area (Å²) in [5, 5.41) is 4.65. The Bertz CT molecular complexity index is 1240. The second-order valence-corrected chi connectivity index (χ2v) is 10.1. The molecule has 0 aliphatic carbocycles. The fourth-order valence-electron chi connectivity index (χ4n) is 4.69. The van der Waals surface area contributed by atoms with E-state index < -0.39 is 29.9 Å². The number of halogens is 3. The minimum Gasteiger partial charge on any atom is -0.489 e. The Hall–Kier alpha value is -3.65. The molecule has 0 unspecified atom stereocenters. The minimum atomic E-state index is -4.59. The van der Waals surface area contributed by atoms with E-state index in [1.54, 1.807) is 18.2 Å². The zero-order valence-corrected chi connectivity index (χ0v) is 21.6. The molecule has 11 nitrogen and oxygen atoms in total. The van der Waals surface area contributed by atoms with Crippen LogP contribution in [-0.2, 0) is 9.47 Å². The van der Waals surface area contributed by atoms with Crippen LogP contribution < -0.4 is 25.2 Å². The SMILES string of the molecule is C[C@@H](NC(=O)c1ccc2c(n1)N(C(=O)Nc1ccc(OC[C@@H]3COC(C)(C)O3)cn1)[C@H]1CCN2C1)C(F)(F)F. The van der Waals surface area contributed by atoms with E-state index in [0.717, 1.165) is 6.92 Å². The lowest BCUT2D eigenvalue weighted by Crippen LogP contribution is -2.49. The van der Waals surface area contributed by atoms with Crippen LogP contribution in [0.5, 0.6) is 5.75 Å². The minimum absolute atomic E-state index is 0.204. The molecule has 2 aromatic heterocycles. The molecular formula is C25H29F3N6O5. The highest BCUT2D eigenvalue weighted by Crippen LogP contribution is 2.39. The topological polar surface area (TPSA) is 118 Å². The normalized spacial score (nSPS) is 22.3. The van der Waals surface area contributed by atoms with E-state index in [1.165, 1.54) is 17.2 Å². The molecule has 3 aliphatic rings. The Morgan fingerprint density at radius 2 is 2.05 bits per heavy atom. The predicted molar refractivity (Wildman–Crippen MR) is 134 cm³/mol. The van der Waals surface area contributed by atoms with Crippen molar-refractivity contribution in [2.45, 2.75) is 57.3 Å². The van der Waals surface area contributed by atoms with Gasteiger partial charge in [0.25, 0.3) is 5.91 Å². The van der Waals surface area contributed by atoms with Crippen LogP contribution in [0.15, 0.2) is 30.5 Å². The maximum Gasteiger partial charge on any atom is 0.408 e. The van der Waals surface area contributed by atoms with Gasteiger partial charge in [-0.1, -0.05) is 0 Å². The molecule has 5 heterocycles. The molecule has 0 radical (unpaired) electrons. The van der Waals surface area contributed by atoms with Crippen LogP contribution in [0.3, 0.4) is 0 Å². The molecule has 2 bridgehead atoms. The Kier molecular flexibility index (Phi) is 7.01. The highest BCUT2D eigenvalue weighted by atomic mass is 19.4. The molecule has 2 aromatic rings. The predicted octanol–water partition coefficient (Wildman–Crippen LogP) is 3.32. The summed E-state index contributed by atoms with van der Waals surface area (Å²) in [4.78, 5) is 37.9. The van der Waals surface area contributed by atoms with Gasteiger partial charge in [0, 0.05) is 13.1 Å². The fourth-order valence-corrected chi connectivity index (χ4v) is 4.69. The molecule has 0 saturated carbocycles. The van der Waals surface area contributed by atoms with Gasteiger partial charge in [0.2, 0.25) is 0 Å². The van der Waals surface area contributed by atoms with Crippen LogP contribution in [0.25, 0.3) is 0 Å². The van der Waals surface area contributed by atoms with Crippen molar-refractivity contribution >= 4 is 29.3 Å². The van der Waals surface area contributed by atoms with E-state index in [9.17, 15) is 22.8 Å². The third kappa shape index (κ3) is 5.86. The number of carbonyl (C=O) groups excluding carboxylic acids is 2. The smallest absolute Gasteiger partial charge is 0.408 e. The average molecular weight is 551 g/mol. The molecule has 14 heteroatoms. The number of rotatable bonds is 6. The molecule has 0 spiro atoms. The Balaban J connectivity index is 1.27. The summed E-state index contributed by atoms with van der Waals surface area (Å²) < 4.78 is 55.7. The number of anilines is 3. The second-order valence-electron chi connectivity index (χ2n) is 10.1. The number of nitrogens with zero attached hydrogens (tertiary/aromatic N) is 4. The number of pyridine rings is 2. The van der Waals surface area contributed by atoms with Gasteiger partial charge in [-0.3, -0.25) is 15.0 Å². The van der Waals surface area contributed by atoms with Crippen LogP contribution in [0.1, 0.15) is 37.7 Å². The lowest BCUT2D eigenvalue weighted by Gasteiger charge is -2.35. The summed E-state index contributed by atoms with van der Waals surface area (Å²) in [6.07, 6.45) is -2.66. The molecule has 39 heavy (non-hydrogen) atoms. The molecule has 3 aliphatic heterocycles. The van der Waals surface area contributed by atoms with Gasteiger partial charge < -0.3 is 24.4 Å². The van der Waals surface area contributed by atoms with E-state index in [4.69, 9.17) is 14.2 Å². The van der Waals surface area contributed by atoms with Crippen LogP contribution in [0.2, 0.25) is 0 Å². The largest absolute Gasteiger partial charge is 0.489 e. The molecule has 5 rings (SSSR count). The first-order valence-electron chi connectivity index (χ1n) is 12.5. The second kappa shape index (κ2) is 10.2. The van der Waals surface area contributed by atoms with Gasteiger partial charge in [-0.15, -0.1) is 0 Å². The lowest BCUT2D eigenvalue weighted by molar-refractivity contribution is -0.149. The fraction of sp³-hybridized carbons (Fsp3) is 0.520. The third-order valence-electron chi connectivity index (χ3n) is 6.72. The number of urea groups is 1. The number of ether oxygens (including phenoxy) is 3. The monoisotopic (exact) mass is 550 g/mol. The summed E-state index contributed by atoms with van der Waals surface area (Å²) in [5.74, 6) is -0.670. The maximum absolute atomic E-state index is 13.4. The molecule has 2 fully saturated rings. The van der Waals surface area contributed by atoms with Crippen LogP contribution >= 0.6 is 0 Å². The lowest BCUT2D eigenvalue weighted by atomic mass is 10.1. The number of carbonyl (C=O) groups is 2. The summed E-state index contributed by atoms with van der Waals surface area (Å²) in [5.41, 5.74) is 0.405. The van der Waals surface area contributed by atoms with E-state index in [1.807, 2.05) is 24.1 Å². The van der Waals surface area contributed by atoms with Gasteiger partial charge in [-0.05, 0) is 51.5 Å². The van der Waals surface area contributed by atoms with Gasteiger partial charge in [-0.2, -0.15) is 13.2 Å². The molecule has 210 valence electrons. The van der Waals surface area contributed by atoms with Crippen molar-refractivity contribution in [2.75, 3.05) is 41.4 Å². The molecular weight excluding hydrogens is 521 g/mol. The molecule has 2 N–H and O–H groups in total. The maximum atomic E-state index is 13.4. The van der Waals surface area contributed by atoms with Crippen molar-refractivity contribution in [1.82, 2.24) is 15.3 Å². The summed E-state index contributed by atoms with van der Waals surface area (Å²) >= 11 is 0. The zero-order valence-electron chi connectivity index (χ0n) is 21.6. The number of nitrogens with one attached hydrogen (secondary N) is 2. The van der Waals surface area contributed by atoms with Gasteiger partial charge in [0.15, 0.2) is 11.6 Å². The molecule has 3 amide bonds. The van der Waals surface area contributed by atoms with Crippen LogP contribution in [0.4, 0.5) is 35.3 Å². The van der Waals surface area contributed by atoms with E-state index in [0.29, 0.717) is 37.6 Å². The van der Waals surface area contributed by atoms with Crippen molar-refractivity contribution in [1.29, 1.82) is 0 Å². The first-order chi connectivity index (χ1) is 18.4. The molecule has 0 aromatic carbocycles. The number of amides is 3. The van der Waals surface area contributed by atoms with E-state index >= 15 is 0 Å². The standard InChI is InChI=1S/C25H29F3N6O5/c1-14(25(26,27)28)30-22(35)18-5-6-19-21(31-18)34(15-8-9-33(19)11-15)23(36)32-20-7-4-16(10-29-20)37-12-17-13-38-24(2,3)39-17/h4-7,10,14-15,17H,8-9,11-13H2,1-3H3,(H,30,35)(H,29,32,36)/t14-,15+,17-/m1/s1. The number of alkyl halides is 3. The third-order valence-corrected chi connectivity index (χ3v) is 6.72. The van der Waals surface area contributed by atoms with Crippen molar-refractivity contribution < 1.29 is 37.0 Å². The van der Waals surface area contributed by atoms with E-state index in [2.05, 4.69) is 15.3 Å². The first kappa shape index (κ1) is 26.9. The quantitative estimate of drug-likeness (QED) is 0.563. The van der Waals surface area contributed by atoms with Crippen molar-refractivity contribution in [3.8, 4) is 5.75 Å². The first-order valence-corrected chi connectivity index (χ1v) is 12.5. The number of aromatic nitrogens is 2. The zero-order chi connectivity index (χ0) is 27.9. The van der Waals surface area contributed by atoms with E-state index in [-0.39, 0.29) is 36.1 Å². The number of hydrogen-bond acceptors (Lipinski definition) is 8. The van der Waals surface area contributed by atoms with Gasteiger partial charge in [0.1, 0.15) is 36.0 Å². The van der Waals surface area contributed by atoms with Gasteiger partial charge in [-0.25, -0.2) is 14.8 Å². The van der Waals surface area contributed by atoms with Gasteiger partial charge in [0.05, 0.1) is 24.5 Å². The summed E-state index contributed by atoms with van der Waals surface area (Å²) in [6, 6.07) is 3.41. The summed E-state index contributed by atoms with van der Waals surface area (Å²) in [6.45, 7) is 6.46. The number of hydrogen-bond donors (Lipinski definition) is 2. The highest BCUT2D eigenvalue weighted by molar-refractivity contribution is 6.05. The highest BCUT2D eigenvalue weighted by Gasteiger charge is 2.41. The van der Waals surface area contributed by atoms with Crippen molar-refractivity contribution in [3.63, 3.8) is 0 Å². The molecule has 2 saturated heterocycles. The number of fused-ring (bicyclic) bond motifs is 4. The molecule has 3 atom stereocenters. The summed E-state index contributed by atoms with van der Waals surface area (Å²) in [7, 11) is 0.